The Balaban J connectivity index is 1.72. The van der Waals surface area contributed by atoms with Crippen molar-refractivity contribution in [2.24, 2.45) is 0 Å². The van der Waals surface area contributed by atoms with E-state index >= 15 is 0 Å². The molecule has 1 fully saturated rings. The molecule has 1 aliphatic rings. The Labute approximate surface area is 171 Å². The first-order valence-corrected chi connectivity index (χ1v) is 11.4. The van der Waals surface area contributed by atoms with E-state index < -0.39 is 16.1 Å². The molecule has 2 aromatic rings. The third-order valence-electron chi connectivity index (χ3n) is 5.07. The molecule has 7 heteroatoms. The van der Waals surface area contributed by atoms with Crippen LogP contribution in [0.15, 0.2) is 53.4 Å². The van der Waals surface area contributed by atoms with Crippen LogP contribution in [-0.2, 0) is 27.8 Å². The Bertz CT molecular complexity index is 912. The molecule has 1 N–H and O–H groups in total. The van der Waals surface area contributed by atoms with Crippen LogP contribution in [0.2, 0.25) is 5.02 Å². The normalized spacial score (nSPS) is 18.0. The van der Waals surface area contributed by atoms with Crippen LogP contribution in [0.1, 0.15) is 37.3 Å². The maximum absolute atomic E-state index is 13.1. The molecule has 1 unspecified atom stereocenters. The van der Waals surface area contributed by atoms with Crippen molar-refractivity contribution >= 4 is 27.5 Å². The minimum atomic E-state index is -3.75. The first kappa shape index (κ1) is 20.8. The number of piperidine rings is 1. The molecule has 3 rings (SSSR count). The average molecular weight is 421 g/mol. The van der Waals surface area contributed by atoms with Gasteiger partial charge in [-0.1, -0.05) is 49.2 Å². The molecular formula is C21H25ClN2O3S. The topological polar surface area (TPSA) is 66.5 Å². The van der Waals surface area contributed by atoms with Crippen molar-refractivity contribution in [2.45, 2.75) is 50.1 Å². The van der Waals surface area contributed by atoms with Gasteiger partial charge in [0, 0.05) is 18.1 Å². The van der Waals surface area contributed by atoms with Gasteiger partial charge in [-0.15, -0.1) is 0 Å². The predicted molar refractivity (Wildman–Crippen MR) is 111 cm³/mol. The van der Waals surface area contributed by atoms with Gasteiger partial charge >= 0.3 is 0 Å². The maximum atomic E-state index is 13.1. The lowest BCUT2D eigenvalue weighted by atomic mass is 10.0. The number of aryl methyl sites for hydroxylation is 1. The zero-order valence-electron chi connectivity index (χ0n) is 15.9. The molecule has 1 amide bonds. The number of carbonyl (C=O) groups is 1. The summed E-state index contributed by atoms with van der Waals surface area (Å²) < 4.78 is 27.5. The van der Waals surface area contributed by atoms with E-state index in [1.807, 2.05) is 24.3 Å². The Morgan fingerprint density at radius 1 is 1.07 bits per heavy atom. The van der Waals surface area contributed by atoms with E-state index in [-0.39, 0.29) is 10.8 Å². The zero-order chi connectivity index (χ0) is 20.1. The summed E-state index contributed by atoms with van der Waals surface area (Å²) in [4.78, 5) is 13.0. The van der Waals surface area contributed by atoms with Gasteiger partial charge in [-0.2, -0.15) is 4.31 Å². The highest BCUT2D eigenvalue weighted by atomic mass is 35.5. The summed E-state index contributed by atoms with van der Waals surface area (Å²) in [6.45, 7) is 2.82. The quantitative estimate of drug-likeness (QED) is 0.773. The van der Waals surface area contributed by atoms with Crippen LogP contribution in [0, 0.1) is 0 Å². The Morgan fingerprint density at radius 2 is 1.71 bits per heavy atom. The zero-order valence-corrected chi connectivity index (χ0v) is 17.5. The van der Waals surface area contributed by atoms with E-state index in [2.05, 4.69) is 12.2 Å². The SMILES string of the molecule is CCc1ccc(CNC(=O)C2CCCCN2S(=O)(=O)c2ccc(Cl)cc2)cc1. The summed E-state index contributed by atoms with van der Waals surface area (Å²) in [5.41, 5.74) is 2.23. The molecule has 0 aliphatic carbocycles. The second-order valence-electron chi connectivity index (χ2n) is 6.97. The Morgan fingerprint density at radius 3 is 2.36 bits per heavy atom. The van der Waals surface area contributed by atoms with Crippen LogP contribution in [-0.4, -0.2) is 31.2 Å². The number of amides is 1. The van der Waals surface area contributed by atoms with E-state index in [1.54, 1.807) is 12.1 Å². The molecule has 1 heterocycles. The molecule has 0 radical (unpaired) electrons. The summed E-state index contributed by atoms with van der Waals surface area (Å²) in [6, 6.07) is 13.4. The first-order chi connectivity index (χ1) is 13.4. The third kappa shape index (κ3) is 4.74. The van der Waals surface area contributed by atoms with Gasteiger partial charge in [0.05, 0.1) is 4.90 Å². The van der Waals surface area contributed by atoms with Gasteiger partial charge in [-0.25, -0.2) is 8.42 Å². The third-order valence-corrected chi connectivity index (χ3v) is 7.25. The molecule has 0 bridgehead atoms. The molecule has 1 saturated heterocycles. The summed E-state index contributed by atoms with van der Waals surface area (Å²) in [7, 11) is -3.75. The van der Waals surface area contributed by atoms with Gasteiger partial charge < -0.3 is 5.32 Å². The van der Waals surface area contributed by atoms with Crippen molar-refractivity contribution in [2.75, 3.05) is 6.54 Å². The number of nitrogens with one attached hydrogen (secondary N) is 1. The number of hydrogen-bond acceptors (Lipinski definition) is 3. The molecule has 5 nitrogen and oxygen atoms in total. The highest BCUT2D eigenvalue weighted by Crippen LogP contribution is 2.26. The Hall–Kier alpha value is -1.89. The van der Waals surface area contributed by atoms with Gasteiger partial charge in [0.15, 0.2) is 0 Å². The standard InChI is InChI=1S/C21H25ClN2O3S/c1-2-16-6-8-17(9-7-16)15-23-21(25)20-5-3-4-14-24(20)28(26,27)19-12-10-18(22)11-13-19/h6-13,20H,2-5,14-15H2,1H3,(H,23,25). The average Bonchev–Trinajstić information content (AvgIpc) is 2.72. The highest BCUT2D eigenvalue weighted by Gasteiger charge is 2.37. The fourth-order valence-corrected chi connectivity index (χ4v) is 5.18. The van der Waals surface area contributed by atoms with Crippen molar-refractivity contribution in [3.8, 4) is 0 Å². The summed E-state index contributed by atoms with van der Waals surface area (Å²) >= 11 is 5.87. The smallest absolute Gasteiger partial charge is 0.243 e. The molecule has 28 heavy (non-hydrogen) atoms. The number of rotatable bonds is 6. The molecule has 1 aliphatic heterocycles. The van der Waals surface area contributed by atoms with E-state index in [9.17, 15) is 13.2 Å². The molecule has 2 aromatic carbocycles. The van der Waals surface area contributed by atoms with Crippen LogP contribution >= 0.6 is 11.6 Å². The highest BCUT2D eigenvalue weighted by molar-refractivity contribution is 7.89. The molecule has 1 atom stereocenters. The van der Waals surface area contributed by atoms with Crippen molar-refractivity contribution < 1.29 is 13.2 Å². The fourth-order valence-electron chi connectivity index (χ4n) is 3.40. The van der Waals surface area contributed by atoms with Crippen molar-refractivity contribution in [3.05, 3.63) is 64.7 Å². The lowest BCUT2D eigenvalue weighted by Crippen LogP contribution is -2.51. The number of hydrogen-bond donors (Lipinski definition) is 1. The largest absolute Gasteiger partial charge is 0.351 e. The van der Waals surface area contributed by atoms with Gasteiger partial charge in [0.2, 0.25) is 15.9 Å². The molecule has 0 aromatic heterocycles. The number of nitrogens with zero attached hydrogens (tertiary/aromatic N) is 1. The molecule has 0 spiro atoms. The lowest BCUT2D eigenvalue weighted by Gasteiger charge is -2.33. The maximum Gasteiger partial charge on any atom is 0.243 e. The number of benzene rings is 2. The van der Waals surface area contributed by atoms with Crippen molar-refractivity contribution in [3.63, 3.8) is 0 Å². The fraction of sp³-hybridized carbons (Fsp3) is 0.381. The van der Waals surface area contributed by atoms with Crippen LogP contribution < -0.4 is 5.32 Å². The van der Waals surface area contributed by atoms with Gasteiger partial charge in [-0.05, 0) is 54.7 Å². The minimum absolute atomic E-state index is 0.159. The molecule has 0 saturated carbocycles. The van der Waals surface area contributed by atoms with Crippen LogP contribution in [0.25, 0.3) is 0 Å². The van der Waals surface area contributed by atoms with E-state index in [1.165, 1.54) is 22.0 Å². The molecular weight excluding hydrogens is 396 g/mol. The monoisotopic (exact) mass is 420 g/mol. The molecule has 150 valence electrons. The lowest BCUT2D eigenvalue weighted by molar-refractivity contribution is -0.125. The van der Waals surface area contributed by atoms with E-state index in [4.69, 9.17) is 11.6 Å². The number of sulfonamides is 1. The number of carbonyl (C=O) groups excluding carboxylic acids is 1. The van der Waals surface area contributed by atoms with Crippen molar-refractivity contribution in [1.29, 1.82) is 0 Å². The van der Waals surface area contributed by atoms with Gasteiger partial charge in [0.25, 0.3) is 0 Å². The second-order valence-corrected chi connectivity index (χ2v) is 9.30. The van der Waals surface area contributed by atoms with Gasteiger partial charge in [0.1, 0.15) is 6.04 Å². The van der Waals surface area contributed by atoms with Crippen LogP contribution in [0.5, 0.6) is 0 Å². The number of halogens is 1. The van der Waals surface area contributed by atoms with E-state index in [0.717, 1.165) is 24.8 Å². The summed E-state index contributed by atoms with van der Waals surface area (Å²) in [5.74, 6) is -0.253. The van der Waals surface area contributed by atoms with Crippen LogP contribution in [0.4, 0.5) is 0 Å². The minimum Gasteiger partial charge on any atom is -0.351 e. The first-order valence-electron chi connectivity index (χ1n) is 9.54. The van der Waals surface area contributed by atoms with Gasteiger partial charge in [-0.3, -0.25) is 4.79 Å². The summed E-state index contributed by atoms with van der Waals surface area (Å²) in [6.07, 6.45) is 3.06. The second kappa shape index (κ2) is 9.07. The van der Waals surface area contributed by atoms with E-state index in [0.29, 0.717) is 24.5 Å². The Kier molecular flexibility index (Phi) is 6.75. The summed E-state index contributed by atoms with van der Waals surface area (Å²) in [5, 5.41) is 3.38. The predicted octanol–water partition coefficient (Wildman–Crippen LogP) is 3.76. The van der Waals surface area contributed by atoms with Crippen molar-refractivity contribution in [1.82, 2.24) is 9.62 Å². The van der Waals surface area contributed by atoms with Crippen LogP contribution in [0.3, 0.4) is 0 Å².